The summed E-state index contributed by atoms with van der Waals surface area (Å²) in [6, 6.07) is 0. The second kappa shape index (κ2) is 3.17. The molecule has 2 unspecified atom stereocenters. The van der Waals surface area contributed by atoms with Crippen molar-refractivity contribution in [1.29, 1.82) is 0 Å². The van der Waals surface area contributed by atoms with E-state index in [9.17, 15) is 9.90 Å². The van der Waals surface area contributed by atoms with Crippen molar-refractivity contribution in [3.05, 3.63) is 0 Å². The Kier molecular flexibility index (Phi) is 2.29. The van der Waals surface area contributed by atoms with Crippen LogP contribution >= 0.6 is 0 Å². The van der Waals surface area contributed by atoms with E-state index in [4.69, 9.17) is 14.6 Å². The maximum atomic E-state index is 10.8. The third-order valence-electron chi connectivity index (χ3n) is 3.26. The minimum atomic E-state index is -1.35. The summed E-state index contributed by atoms with van der Waals surface area (Å²) in [5, 5.41) is 18.4. The molecule has 2 N–H and O–H groups in total. The molecule has 2 aliphatic rings. The summed E-state index contributed by atoms with van der Waals surface area (Å²) in [6.45, 7) is 3.93. The van der Waals surface area contributed by atoms with Gasteiger partial charge in [-0.2, -0.15) is 0 Å². The molecule has 0 aromatic heterocycles. The topological polar surface area (TPSA) is 76.0 Å². The number of hydrogen-bond acceptors (Lipinski definition) is 4. The van der Waals surface area contributed by atoms with Gasteiger partial charge < -0.3 is 19.7 Å². The summed E-state index contributed by atoms with van der Waals surface area (Å²) in [4.78, 5) is 10.8. The second-order valence-corrected chi connectivity index (χ2v) is 4.79. The first kappa shape index (κ1) is 10.9. The summed E-state index contributed by atoms with van der Waals surface area (Å²) < 4.78 is 11.0. The van der Waals surface area contributed by atoms with Crippen LogP contribution in [0.2, 0.25) is 0 Å². The molecular weight excluding hydrogens is 200 g/mol. The molecule has 1 aliphatic carbocycles. The van der Waals surface area contributed by atoms with Gasteiger partial charge in [-0.3, -0.25) is 0 Å². The molecular formula is C10H16O5. The van der Waals surface area contributed by atoms with Crippen LogP contribution in [0.5, 0.6) is 0 Å². The standard InChI is InChI=1S/C10H16O5/c1-9(2)14-5-6(15-9)10(3-4-10)7(11)8(12)13/h6-7,11H,3-5H2,1-2H3,(H,12,13). The van der Waals surface area contributed by atoms with E-state index in [1.807, 2.05) is 0 Å². The second-order valence-electron chi connectivity index (χ2n) is 4.79. The van der Waals surface area contributed by atoms with Gasteiger partial charge in [-0.05, 0) is 26.7 Å². The summed E-state index contributed by atoms with van der Waals surface area (Å²) in [7, 11) is 0. The molecule has 2 rings (SSSR count). The van der Waals surface area contributed by atoms with Crippen LogP contribution in [0, 0.1) is 5.41 Å². The number of aliphatic hydroxyl groups is 1. The third-order valence-corrected chi connectivity index (χ3v) is 3.26. The highest BCUT2D eigenvalue weighted by Gasteiger charge is 2.61. The zero-order valence-electron chi connectivity index (χ0n) is 8.90. The average molecular weight is 216 g/mol. The number of rotatable bonds is 3. The minimum Gasteiger partial charge on any atom is -0.479 e. The van der Waals surface area contributed by atoms with Crippen molar-refractivity contribution in [1.82, 2.24) is 0 Å². The highest BCUT2D eigenvalue weighted by molar-refractivity contribution is 5.74. The highest BCUT2D eigenvalue weighted by atomic mass is 16.7. The normalized spacial score (nSPS) is 33.7. The van der Waals surface area contributed by atoms with Crippen LogP contribution in [0.1, 0.15) is 26.7 Å². The van der Waals surface area contributed by atoms with Crippen LogP contribution in [0.25, 0.3) is 0 Å². The van der Waals surface area contributed by atoms with Crippen molar-refractivity contribution in [2.24, 2.45) is 5.41 Å². The molecule has 0 aromatic carbocycles. The Bertz CT molecular complexity index is 282. The molecule has 0 aromatic rings. The zero-order chi connectivity index (χ0) is 11.3. The van der Waals surface area contributed by atoms with Gasteiger partial charge in [0, 0.05) is 5.41 Å². The lowest BCUT2D eigenvalue weighted by atomic mass is 9.92. The lowest BCUT2D eigenvalue weighted by molar-refractivity contribution is -0.167. The van der Waals surface area contributed by atoms with E-state index in [0.717, 1.165) is 0 Å². The molecule has 0 bridgehead atoms. The van der Waals surface area contributed by atoms with E-state index in [2.05, 4.69) is 0 Å². The first-order valence-electron chi connectivity index (χ1n) is 5.10. The van der Waals surface area contributed by atoms with Gasteiger partial charge in [0.15, 0.2) is 11.9 Å². The Balaban J connectivity index is 2.08. The molecule has 5 nitrogen and oxygen atoms in total. The van der Waals surface area contributed by atoms with E-state index in [1.165, 1.54) is 0 Å². The maximum absolute atomic E-state index is 10.8. The maximum Gasteiger partial charge on any atom is 0.333 e. The predicted molar refractivity (Wildman–Crippen MR) is 50.2 cm³/mol. The molecule has 0 radical (unpaired) electrons. The summed E-state index contributed by atoms with van der Waals surface area (Å²) in [6.07, 6.45) is -0.284. The number of aliphatic hydroxyl groups excluding tert-OH is 1. The average Bonchev–Trinajstić information content (AvgIpc) is 2.85. The van der Waals surface area contributed by atoms with Crippen LogP contribution in [-0.4, -0.2) is 40.8 Å². The number of hydrogen-bond donors (Lipinski definition) is 2. The van der Waals surface area contributed by atoms with E-state index in [1.54, 1.807) is 13.8 Å². The highest BCUT2D eigenvalue weighted by Crippen LogP contribution is 2.55. The molecule has 5 heteroatoms. The van der Waals surface area contributed by atoms with Gasteiger partial charge in [0.25, 0.3) is 0 Å². The Morgan fingerprint density at radius 3 is 2.40 bits per heavy atom. The Morgan fingerprint density at radius 1 is 1.47 bits per heavy atom. The first-order chi connectivity index (χ1) is 6.87. The van der Waals surface area contributed by atoms with Gasteiger partial charge in [0.05, 0.1) is 12.7 Å². The van der Waals surface area contributed by atoms with Crippen LogP contribution in [0.15, 0.2) is 0 Å². The lowest BCUT2D eigenvalue weighted by Gasteiger charge is -2.25. The van der Waals surface area contributed by atoms with Crippen molar-refractivity contribution in [2.45, 2.75) is 44.7 Å². The molecule has 1 saturated heterocycles. The van der Waals surface area contributed by atoms with E-state index >= 15 is 0 Å². The van der Waals surface area contributed by atoms with Crippen LogP contribution in [0.4, 0.5) is 0 Å². The van der Waals surface area contributed by atoms with E-state index < -0.39 is 23.3 Å². The van der Waals surface area contributed by atoms with Crippen molar-refractivity contribution >= 4 is 5.97 Å². The number of carboxylic acid groups (broad SMARTS) is 1. The lowest BCUT2D eigenvalue weighted by Crippen LogP contribution is -2.41. The van der Waals surface area contributed by atoms with E-state index in [-0.39, 0.29) is 6.10 Å². The van der Waals surface area contributed by atoms with Gasteiger partial charge in [-0.15, -0.1) is 0 Å². The minimum absolute atomic E-state index is 0.307. The smallest absolute Gasteiger partial charge is 0.333 e. The molecule has 15 heavy (non-hydrogen) atoms. The number of aliphatic carboxylic acids is 1. The Morgan fingerprint density at radius 2 is 2.07 bits per heavy atom. The van der Waals surface area contributed by atoms with Gasteiger partial charge in [0.1, 0.15) is 0 Å². The van der Waals surface area contributed by atoms with Crippen LogP contribution in [-0.2, 0) is 14.3 Å². The third kappa shape index (κ3) is 1.75. The van der Waals surface area contributed by atoms with Gasteiger partial charge in [-0.25, -0.2) is 4.79 Å². The molecule has 2 atom stereocenters. The van der Waals surface area contributed by atoms with Crippen molar-refractivity contribution in [3.63, 3.8) is 0 Å². The zero-order valence-corrected chi connectivity index (χ0v) is 8.90. The van der Waals surface area contributed by atoms with E-state index in [0.29, 0.717) is 19.4 Å². The van der Waals surface area contributed by atoms with Crippen molar-refractivity contribution < 1.29 is 24.5 Å². The number of carboxylic acids is 1. The quantitative estimate of drug-likeness (QED) is 0.712. The summed E-state index contributed by atoms with van der Waals surface area (Å²) >= 11 is 0. The monoisotopic (exact) mass is 216 g/mol. The SMILES string of the molecule is CC1(C)OCC(C2(C(O)C(=O)O)CC2)O1. The van der Waals surface area contributed by atoms with Gasteiger partial charge in [0.2, 0.25) is 0 Å². The number of carbonyl (C=O) groups is 1. The van der Waals surface area contributed by atoms with Gasteiger partial charge >= 0.3 is 5.97 Å². The molecule has 2 fully saturated rings. The fourth-order valence-corrected chi connectivity index (χ4v) is 2.13. The Hall–Kier alpha value is -0.650. The van der Waals surface area contributed by atoms with Crippen molar-refractivity contribution in [2.75, 3.05) is 6.61 Å². The number of ether oxygens (including phenoxy) is 2. The van der Waals surface area contributed by atoms with Gasteiger partial charge in [-0.1, -0.05) is 0 Å². The van der Waals surface area contributed by atoms with Crippen LogP contribution in [0.3, 0.4) is 0 Å². The summed E-state index contributed by atoms with van der Waals surface area (Å²) in [5.74, 6) is -1.85. The predicted octanol–water partition coefficient (Wildman–Crippen LogP) is 0.364. The fourth-order valence-electron chi connectivity index (χ4n) is 2.13. The largest absolute Gasteiger partial charge is 0.479 e. The molecule has 1 heterocycles. The molecule has 0 amide bonds. The molecule has 86 valence electrons. The Labute approximate surface area is 88.0 Å². The van der Waals surface area contributed by atoms with Crippen LogP contribution < -0.4 is 0 Å². The van der Waals surface area contributed by atoms with Crippen molar-refractivity contribution in [3.8, 4) is 0 Å². The molecule has 1 aliphatic heterocycles. The molecule has 1 saturated carbocycles. The fraction of sp³-hybridized carbons (Fsp3) is 0.900. The summed E-state index contributed by atoms with van der Waals surface area (Å²) in [5.41, 5.74) is -0.625. The molecule has 0 spiro atoms. The first-order valence-corrected chi connectivity index (χ1v) is 5.10.